The van der Waals surface area contributed by atoms with Gasteiger partial charge in [0, 0.05) is 25.0 Å². The molecule has 2 rings (SSSR count). The molecule has 1 aliphatic carbocycles. The summed E-state index contributed by atoms with van der Waals surface area (Å²) < 4.78 is 5.73. The topological polar surface area (TPSA) is 77.2 Å². The number of nitrogens with one attached hydrogen (secondary N) is 1. The minimum absolute atomic E-state index is 0.109. The van der Waals surface area contributed by atoms with E-state index in [1.54, 1.807) is 24.5 Å². The Labute approximate surface area is 113 Å². The van der Waals surface area contributed by atoms with E-state index in [4.69, 9.17) is 10.5 Å². The van der Waals surface area contributed by atoms with E-state index in [1.807, 2.05) is 0 Å². The second kappa shape index (κ2) is 7.21. The number of pyridine rings is 1. The lowest BCUT2D eigenvalue weighted by molar-refractivity contribution is 0.0267. The van der Waals surface area contributed by atoms with Crippen molar-refractivity contribution in [3.05, 3.63) is 30.1 Å². The van der Waals surface area contributed by atoms with Crippen LogP contribution < -0.4 is 11.1 Å². The minimum atomic E-state index is -0.109. The Morgan fingerprint density at radius 2 is 2.21 bits per heavy atom. The highest BCUT2D eigenvalue weighted by molar-refractivity contribution is 5.93. The lowest BCUT2D eigenvalue weighted by Gasteiger charge is -2.26. The van der Waals surface area contributed by atoms with Crippen molar-refractivity contribution in [1.82, 2.24) is 10.3 Å². The number of amides is 1. The first-order valence-electron chi connectivity index (χ1n) is 6.81. The Kier molecular flexibility index (Phi) is 5.30. The monoisotopic (exact) mass is 263 g/mol. The third kappa shape index (κ3) is 4.61. The smallest absolute Gasteiger partial charge is 0.252 e. The summed E-state index contributed by atoms with van der Waals surface area (Å²) in [6.45, 7) is 1.07. The number of rotatable bonds is 5. The Morgan fingerprint density at radius 3 is 2.89 bits per heavy atom. The van der Waals surface area contributed by atoms with Gasteiger partial charge in [0.05, 0.1) is 18.3 Å². The molecule has 1 heterocycles. The maximum Gasteiger partial charge on any atom is 0.252 e. The van der Waals surface area contributed by atoms with E-state index in [0.717, 1.165) is 25.7 Å². The average molecular weight is 263 g/mol. The number of hydrogen-bond donors (Lipinski definition) is 2. The van der Waals surface area contributed by atoms with Crippen molar-refractivity contribution in [3.63, 3.8) is 0 Å². The quantitative estimate of drug-likeness (QED) is 0.780. The van der Waals surface area contributed by atoms with Crippen LogP contribution >= 0.6 is 0 Å². The predicted molar refractivity (Wildman–Crippen MR) is 72.8 cm³/mol. The van der Waals surface area contributed by atoms with Gasteiger partial charge in [-0.05, 0) is 37.8 Å². The molecule has 5 heteroatoms. The number of carbonyl (C=O) groups excluding carboxylic acids is 1. The highest BCUT2D eigenvalue weighted by atomic mass is 16.5. The number of carbonyl (C=O) groups is 1. The summed E-state index contributed by atoms with van der Waals surface area (Å²) in [7, 11) is 0. The number of nitrogens with zero attached hydrogens (tertiary/aromatic N) is 1. The molecule has 0 bridgehead atoms. The minimum Gasteiger partial charge on any atom is -0.376 e. The molecular formula is C14H21N3O2. The zero-order chi connectivity index (χ0) is 13.5. The highest BCUT2D eigenvalue weighted by Gasteiger charge is 2.18. The van der Waals surface area contributed by atoms with Gasteiger partial charge in [-0.15, -0.1) is 0 Å². The average Bonchev–Trinajstić information content (AvgIpc) is 2.46. The van der Waals surface area contributed by atoms with Gasteiger partial charge in [-0.2, -0.15) is 0 Å². The first-order valence-corrected chi connectivity index (χ1v) is 6.81. The van der Waals surface area contributed by atoms with Crippen molar-refractivity contribution in [2.24, 2.45) is 5.73 Å². The lowest BCUT2D eigenvalue weighted by Crippen LogP contribution is -2.33. The summed E-state index contributed by atoms with van der Waals surface area (Å²) >= 11 is 0. The molecular weight excluding hydrogens is 242 g/mol. The standard InChI is InChI=1S/C14H21N3O2/c15-12-3-5-13(6-4-12)19-9-8-17-14(18)11-2-1-7-16-10-11/h1-2,7,10,12-13H,3-6,8-9,15H2,(H,17,18). The van der Waals surface area contributed by atoms with Gasteiger partial charge in [0.2, 0.25) is 0 Å². The number of nitrogens with two attached hydrogens (primary N) is 1. The maximum atomic E-state index is 11.7. The van der Waals surface area contributed by atoms with E-state index in [9.17, 15) is 4.79 Å². The van der Waals surface area contributed by atoms with E-state index in [1.165, 1.54) is 0 Å². The zero-order valence-corrected chi connectivity index (χ0v) is 11.0. The first kappa shape index (κ1) is 14.0. The van der Waals surface area contributed by atoms with Crippen LogP contribution in [0.2, 0.25) is 0 Å². The summed E-state index contributed by atoms with van der Waals surface area (Å²) in [5.74, 6) is -0.109. The molecule has 1 aromatic rings. The van der Waals surface area contributed by atoms with Gasteiger partial charge in [-0.1, -0.05) is 0 Å². The molecule has 104 valence electrons. The van der Waals surface area contributed by atoms with E-state index in [-0.39, 0.29) is 5.91 Å². The van der Waals surface area contributed by atoms with Crippen molar-refractivity contribution in [3.8, 4) is 0 Å². The van der Waals surface area contributed by atoms with Crippen molar-refractivity contribution in [2.75, 3.05) is 13.2 Å². The summed E-state index contributed by atoms with van der Waals surface area (Å²) in [6, 6.07) is 3.83. The Balaban J connectivity index is 1.61. The molecule has 0 radical (unpaired) electrons. The van der Waals surface area contributed by atoms with Gasteiger partial charge in [-0.25, -0.2) is 0 Å². The van der Waals surface area contributed by atoms with Crippen LogP contribution in [0.3, 0.4) is 0 Å². The van der Waals surface area contributed by atoms with Crippen LogP contribution in [-0.4, -0.2) is 36.2 Å². The van der Waals surface area contributed by atoms with E-state index < -0.39 is 0 Å². The molecule has 0 saturated heterocycles. The largest absolute Gasteiger partial charge is 0.376 e. The predicted octanol–water partition coefficient (Wildman–Crippen LogP) is 1.10. The molecule has 3 N–H and O–H groups in total. The molecule has 0 aliphatic heterocycles. The van der Waals surface area contributed by atoms with Crippen LogP contribution in [0.15, 0.2) is 24.5 Å². The summed E-state index contributed by atoms with van der Waals surface area (Å²) in [5, 5.41) is 2.82. The third-order valence-electron chi connectivity index (χ3n) is 3.38. The van der Waals surface area contributed by atoms with E-state index in [0.29, 0.717) is 30.9 Å². The van der Waals surface area contributed by atoms with Crippen LogP contribution in [0.4, 0.5) is 0 Å². The van der Waals surface area contributed by atoms with E-state index in [2.05, 4.69) is 10.3 Å². The highest BCUT2D eigenvalue weighted by Crippen LogP contribution is 2.19. The van der Waals surface area contributed by atoms with Crippen LogP contribution in [0.5, 0.6) is 0 Å². The van der Waals surface area contributed by atoms with Gasteiger partial charge < -0.3 is 15.8 Å². The Bertz CT molecular complexity index is 389. The SMILES string of the molecule is NC1CCC(OCCNC(=O)c2cccnc2)CC1. The zero-order valence-electron chi connectivity index (χ0n) is 11.0. The first-order chi connectivity index (χ1) is 9.25. The summed E-state index contributed by atoms with van der Waals surface area (Å²) in [5.41, 5.74) is 6.41. The molecule has 1 saturated carbocycles. The number of aromatic nitrogens is 1. The van der Waals surface area contributed by atoms with Crippen LogP contribution in [0.1, 0.15) is 36.0 Å². The fourth-order valence-corrected chi connectivity index (χ4v) is 2.24. The number of hydrogen-bond acceptors (Lipinski definition) is 4. The Morgan fingerprint density at radius 1 is 1.42 bits per heavy atom. The van der Waals surface area contributed by atoms with Crippen LogP contribution in [0, 0.1) is 0 Å². The van der Waals surface area contributed by atoms with Crippen molar-refractivity contribution < 1.29 is 9.53 Å². The normalized spacial score (nSPS) is 23.0. The molecule has 1 aromatic heterocycles. The second-order valence-electron chi connectivity index (χ2n) is 4.91. The molecule has 1 amide bonds. The summed E-state index contributed by atoms with van der Waals surface area (Å²) in [6.07, 6.45) is 7.62. The van der Waals surface area contributed by atoms with Gasteiger partial charge >= 0.3 is 0 Å². The second-order valence-corrected chi connectivity index (χ2v) is 4.91. The molecule has 0 unspecified atom stereocenters. The number of ether oxygens (including phenoxy) is 1. The maximum absolute atomic E-state index is 11.7. The summed E-state index contributed by atoms with van der Waals surface area (Å²) in [4.78, 5) is 15.6. The lowest BCUT2D eigenvalue weighted by atomic mass is 9.94. The fraction of sp³-hybridized carbons (Fsp3) is 0.571. The van der Waals surface area contributed by atoms with Gasteiger partial charge in [0.25, 0.3) is 5.91 Å². The van der Waals surface area contributed by atoms with Crippen molar-refractivity contribution >= 4 is 5.91 Å². The van der Waals surface area contributed by atoms with Crippen LogP contribution in [-0.2, 0) is 4.74 Å². The molecule has 0 spiro atoms. The van der Waals surface area contributed by atoms with Gasteiger partial charge in [0.1, 0.15) is 0 Å². The Hall–Kier alpha value is -1.46. The van der Waals surface area contributed by atoms with Gasteiger partial charge in [0.15, 0.2) is 0 Å². The molecule has 0 atom stereocenters. The third-order valence-corrected chi connectivity index (χ3v) is 3.38. The van der Waals surface area contributed by atoms with Crippen LogP contribution in [0.25, 0.3) is 0 Å². The molecule has 1 fully saturated rings. The molecule has 5 nitrogen and oxygen atoms in total. The van der Waals surface area contributed by atoms with Crippen molar-refractivity contribution in [1.29, 1.82) is 0 Å². The fourth-order valence-electron chi connectivity index (χ4n) is 2.24. The van der Waals surface area contributed by atoms with E-state index >= 15 is 0 Å². The van der Waals surface area contributed by atoms with Gasteiger partial charge in [-0.3, -0.25) is 9.78 Å². The molecule has 1 aliphatic rings. The molecule has 19 heavy (non-hydrogen) atoms. The molecule has 0 aromatic carbocycles. The van der Waals surface area contributed by atoms with Crippen molar-refractivity contribution in [2.45, 2.75) is 37.8 Å².